The number of hydrogen-bond donors (Lipinski definition) is 2. The molecule has 1 aliphatic rings. The smallest absolute Gasteiger partial charge is 0.272 e. The molecule has 0 radical (unpaired) electrons. The van der Waals surface area contributed by atoms with E-state index in [-0.39, 0.29) is 22.2 Å². The van der Waals surface area contributed by atoms with Crippen molar-refractivity contribution >= 4 is 32.5 Å². The van der Waals surface area contributed by atoms with Gasteiger partial charge < -0.3 is 10.0 Å². The van der Waals surface area contributed by atoms with Crippen LogP contribution in [-0.4, -0.2) is 47.4 Å². The molecule has 5 rings (SSSR count). The minimum atomic E-state index is -3.91. The maximum absolute atomic E-state index is 13.0. The number of aliphatic hydroxyl groups is 1. The van der Waals surface area contributed by atoms with Crippen molar-refractivity contribution in [3.63, 3.8) is 0 Å². The van der Waals surface area contributed by atoms with Crippen molar-refractivity contribution in [3.05, 3.63) is 96.4 Å². The standard InChI is InChI=1S/C26H24N4O4S/c31-25(30-16-13-26(32,14-17-30)20-8-2-1-3-9-20)22-12-11-21(18-28-22)29-35(33,34)23-10-4-6-19-7-5-15-27-24(19)23/h1-12,15,18,29,32H,13-14,16-17H2. The fraction of sp³-hybridized carbons (Fsp3) is 0.192. The van der Waals surface area contributed by atoms with E-state index in [1.54, 1.807) is 35.4 Å². The summed E-state index contributed by atoms with van der Waals surface area (Å²) in [4.78, 5) is 23.1. The molecule has 1 aliphatic heterocycles. The number of carbonyl (C=O) groups is 1. The van der Waals surface area contributed by atoms with E-state index in [4.69, 9.17) is 0 Å². The molecule has 0 unspecified atom stereocenters. The van der Waals surface area contributed by atoms with E-state index >= 15 is 0 Å². The zero-order chi connectivity index (χ0) is 24.5. The Balaban J connectivity index is 1.27. The molecule has 0 saturated carbocycles. The summed E-state index contributed by atoms with van der Waals surface area (Å²) in [5.74, 6) is -0.257. The number of carbonyl (C=O) groups excluding carboxylic acids is 1. The summed E-state index contributed by atoms with van der Waals surface area (Å²) in [6, 6.07) is 21.0. The Morgan fingerprint density at radius 2 is 1.66 bits per heavy atom. The molecule has 1 amide bonds. The third-order valence-electron chi connectivity index (χ3n) is 6.31. The molecule has 2 N–H and O–H groups in total. The third-order valence-corrected chi connectivity index (χ3v) is 7.72. The summed E-state index contributed by atoms with van der Waals surface area (Å²) in [5.41, 5.74) is 0.729. The SMILES string of the molecule is O=C(c1ccc(NS(=O)(=O)c2cccc3cccnc23)cn1)N1CCC(O)(c2ccccc2)CC1. The van der Waals surface area contributed by atoms with Crippen molar-refractivity contribution in [3.8, 4) is 0 Å². The van der Waals surface area contributed by atoms with Gasteiger partial charge in [0.1, 0.15) is 10.6 Å². The Kier molecular flexibility index (Phi) is 5.96. The Morgan fingerprint density at radius 3 is 2.37 bits per heavy atom. The van der Waals surface area contributed by atoms with Gasteiger partial charge in [-0.05, 0) is 42.7 Å². The predicted molar refractivity (Wildman–Crippen MR) is 132 cm³/mol. The lowest BCUT2D eigenvalue weighted by atomic mass is 9.84. The van der Waals surface area contributed by atoms with Gasteiger partial charge in [-0.2, -0.15) is 0 Å². The van der Waals surface area contributed by atoms with Crippen LogP contribution in [-0.2, 0) is 15.6 Å². The van der Waals surface area contributed by atoms with Crippen LogP contribution in [0.15, 0.2) is 90.1 Å². The number of amides is 1. The number of fused-ring (bicyclic) bond motifs is 1. The summed E-state index contributed by atoms with van der Waals surface area (Å²) >= 11 is 0. The molecule has 1 saturated heterocycles. The van der Waals surface area contributed by atoms with E-state index in [1.165, 1.54) is 24.4 Å². The first kappa shape index (κ1) is 22.9. The second-order valence-electron chi connectivity index (χ2n) is 8.56. The quantitative estimate of drug-likeness (QED) is 0.444. The molecule has 178 valence electrons. The van der Waals surface area contributed by atoms with Crippen LogP contribution in [0.1, 0.15) is 28.9 Å². The minimum absolute atomic E-state index is 0.0648. The van der Waals surface area contributed by atoms with Gasteiger partial charge in [-0.15, -0.1) is 0 Å². The number of aromatic nitrogens is 2. The van der Waals surface area contributed by atoms with Crippen molar-refractivity contribution in [2.45, 2.75) is 23.3 Å². The number of piperidine rings is 1. The molecule has 0 spiro atoms. The number of nitrogens with zero attached hydrogens (tertiary/aromatic N) is 3. The molecular weight excluding hydrogens is 464 g/mol. The van der Waals surface area contributed by atoms with Crippen molar-refractivity contribution in [2.75, 3.05) is 17.8 Å². The Morgan fingerprint density at radius 1 is 0.914 bits per heavy atom. The van der Waals surface area contributed by atoms with E-state index in [0.29, 0.717) is 31.4 Å². The van der Waals surface area contributed by atoms with Crippen molar-refractivity contribution in [2.24, 2.45) is 0 Å². The zero-order valence-corrected chi connectivity index (χ0v) is 19.6. The Labute approximate surface area is 203 Å². The lowest BCUT2D eigenvalue weighted by Gasteiger charge is -2.38. The van der Waals surface area contributed by atoms with Crippen LogP contribution >= 0.6 is 0 Å². The fourth-order valence-corrected chi connectivity index (χ4v) is 5.59. The van der Waals surface area contributed by atoms with Gasteiger partial charge in [0.2, 0.25) is 0 Å². The lowest BCUT2D eigenvalue weighted by molar-refractivity contribution is -0.0212. The second kappa shape index (κ2) is 9.09. The molecule has 1 fully saturated rings. The van der Waals surface area contributed by atoms with Crippen molar-refractivity contribution < 1.29 is 18.3 Å². The highest BCUT2D eigenvalue weighted by Crippen LogP contribution is 2.33. The number of benzene rings is 2. The van der Waals surface area contributed by atoms with E-state index in [0.717, 1.165) is 10.9 Å². The van der Waals surface area contributed by atoms with Crippen molar-refractivity contribution in [1.82, 2.24) is 14.9 Å². The van der Waals surface area contributed by atoms with Crippen LogP contribution in [0.4, 0.5) is 5.69 Å². The molecule has 9 heteroatoms. The van der Waals surface area contributed by atoms with Crippen LogP contribution < -0.4 is 4.72 Å². The van der Waals surface area contributed by atoms with Crippen LogP contribution in [0.2, 0.25) is 0 Å². The number of pyridine rings is 2. The van der Waals surface area contributed by atoms with Crippen LogP contribution in [0.25, 0.3) is 10.9 Å². The molecule has 3 heterocycles. The first-order valence-corrected chi connectivity index (χ1v) is 12.7. The predicted octanol–water partition coefficient (Wildman–Crippen LogP) is 3.55. The summed E-state index contributed by atoms with van der Waals surface area (Å²) in [5, 5.41) is 11.7. The monoisotopic (exact) mass is 488 g/mol. The molecule has 35 heavy (non-hydrogen) atoms. The van der Waals surface area contributed by atoms with Crippen LogP contribution in [0.3, 0.4) is 0 Å². The zero-order valence-electron chi connectivity index (χ0n) is 18.8. The first-order valence-electron chi connectivity index (χ1n) is 11.3. The van der Waals surface area contributed by atoms with Gasteiger partial charge in [0.15, 0.2) is 0 Å². The maximum Gasteiger partial charge on any atom is 0.272 e. The average molecular weight is 489 g/mol. The summed E-state index contributed by atoms with van der Waals surface area (Å²) in [6.45, 7) is 0.794. The molecule has 8 nitrogen and oxygen atoms in total. The molecule has 2 aromatic heterocycles. The number of hydrogen-bond acceptors (Lipinski definition) is 6. The Bertz CT molecular complexity index is 1460. The number of nitrogens with one attached hydrogen (secondary N) is 1. The third kappa shape index (κ3) is 4.60. The van der Waals surface area contributed by atoms with Crippen LogP contribution in [0.5, 0.6) is 0 Å². The molecular formula is C26H24N4O4S. The Hall–Kier alpha value is -3.82. The number of rotatable bonds is 5. The van der Waals surface area contributed by atoms with Gasteiger partial charge in [0.25, 0.3) is 15.9 Å². The van der Waals surface area contributed by atoms with Gasteiger partial charge in [-0.3, -0.25) is 14.5 Å². The van der Waals surface area contributed by atoms with Gasteiger partial charge in [-0.25, -0.2) is 13.4 Å². The second-order valence-corrected chi connectivity index (χ2v) is 10.2. The molecule has 0 aliphatic carbocycles. The fourth-order valence-electron chi connectivity index (χ4n) is 4.36. The molecule has 0 bridgehead atoms. The minimum Gasteiger partial charge on any atom is -0.385 e. The highest BCUT2D eigenvalue weighted by Gasteiger charge is 2.35. The number of sulfonamides is 1. The summed E-state index contributed by atoms with van der Waals surface area (Å²) in [7, 11) is -3.91. The van der Waals surface area contributed by atoms with Crippen molar-refractivity contribution in [1.29, 1.82) is 0 Å². The van der Waals surface area contributed by atoms with Gasteiger partial charge in [0.05, 0.1) is 23.0 Å². The van der Waals surface area contributed by atoms with Gasteiger partial charge in [0, 0.05) is 24.7 Å². The van der Waals surface area contributed by atoms with Crippen LogP contribution in [0, 0.1) is 0 Å². The highest BCUT2D eigenvalue weighted by atomic mass is 32.2. The first-order chi connectivity index (χ1) is 16.9. The van der Waals surface area contributed by atoms with E-state index in [1.807, 2.05) is 30.3 Å². The number of anilines is 1. The topological polar surface area (TPSA) is 112 Å². The lowest BCUT2D eigenvalue weighted by Crippen LogP contribution is -2.45. The molecule has 4 aromatic rings. The van der Waals surface area contributed by atoms with E-state index in [9.17, 15) is 18.3 Å². The maximum atomic E-state index is 13.0. The van der Waals surface area contributed by atoms with E-state index < -0.39 is 15.6 Å². The number of likely N-dealkylation sites (tertiary alicyclic amines) is 1. The average Bonchev–Trinajstić information content (AvgIpc) is 2.89. The largest absolute Gasteiger partial charge is 0.385 e. The molecule has 0 atom stereocenters. The van der Waals surface area contributed by atoms with Gasteiger partial charge >= 0.3 is 0 Å². The normalized spacial score (nSPS) is 15.6. The summed E-state index contributed by atoms with van der Waals surface area (Å²) < 4.78 is 28.5. The highest BCUT2D eigenvalue weighted by molar-refractivity contribution is 7.93. The number of para-hydroxylation sites is 1. The van der Waals surface area contributed by atoms with E-state index in [2.05, 4.69) is 14.7 Å². The van der Waals surface area contributed by atoms with Gasteiger partial charge in [-0.1, -0.05) is 48.5 Å². The summed E-state index contributed by atoms with van der Waals surface area (Å²) in [6.07, 6.45) is 3.73. The molecule has 2 aromatic carbocycles.